The van der Waals surface area contributed by atoms with Crippen LogP contribution in [0, 0.1) is 5.41 Å². The van der Waals surface area contributed by atoms with Gasteiger partial charge in [-0.3, -0.25) is 4.79 Å². The smallest absolute Gasteiger partial charge is 0.329 e. The highest BCUT2D eigenvalue weighted by Gasteiger charge is 2.37. The highest BCUT2D eigenvalue weighted by atomic mass is 16.4. The first-order valence-electron chi connectivity index (χ1n) is 5.85. The zero-order chi connectivity index (χ0) is 13.9. The molecule has 0 saturated heterocycles. The Labute approximate surface area is 103 Å². The van der Waals surface area contributed by atoms with Gasteiger partial charge < -0.3 is 16.2 Å². The van der Waals surface area contributed by atoms with Crippen molar-refractivity contribution in [2.75, 3.05) is 0 Å². The Bertz CT molecular complexity index is 297. The largest absolute Gasteiger partial charge is 0.480 e. The van der Waals surface area contributed by atoms with Crippen molar-refractivity contribution in [1.29, 1.82) is 0 Å². The van der Waals surface area contributed by atoms with Crippen LogP contribution >= 0.6 is 0 Å². The highest BCUT2D eigenvalue weighted by molar-refractivity contribution is 5.89. The molecular weight excluding hydrogens is 220 g/mol. The second kappa shape index (κ2) is 5.49. The van der Waals surface area contributed by atoms with Crippen molar-refractivity contribution >= 4 is 11.9 Å². The summed E-state index contributed by atoms with van der Waals surface area (Å²) < 4.78 is 0. The molecule has 0 heterocycles. The summed E-state index contributed by atoms with van der Waals surface area (Å²) >= 11 is 0. The maximum atomic E-state index is 11.9. The monoisotopic (exact) mass is 244 g/mol. The molecule has 0 saturated carbocycles. The molecule has 4 N–H and O–H groups in total. The predicted molar refractivity (Wildman–Crippen MR) is 66.5 cm³/mol. The molecule has 17 heavy (non-hydrogen) atoms. The van der Waals surface area contributed by atoms with Gasteiger partial charge in [-0.2, -0.15) is 0 Å². The van der Waals surface area contributed by atoms with Gasteiger partial charge in [-0.05, 0) is 18.8 Å². The summed E-state index contributed by atoms with van der Waals surface area (Å²) in [5.74, 6) is -1.45. The number of hydrogen-bond donors (Lipinski definition) is 3. The summed E-state index contributed by atoms with van der Waals surface area (Å²) in [5, 5.41) is 11.7. The van der Waals surface area contributed by atoms with Gasteiger partial charge >= 0.3 is 5.97 Å². The standard InChI is InChI=1S/C12H24N2O3/c1-6-7-12(5,10(16)17)14-9(15)8(13)11(2,3)4/h8H,6-7,13H2,1-5H3,(H,14,15)(H,16,17)/t8-,12?/m1/s1. The summed E-state index contributed by atoms with van der Waals surface area (Å²) in [7, 11) is 0. The van der Waals surface area contributed by atoms with Gasteiger partial charge in [0.1, 0.15) is 5.54 Å². The van der Waals surface area contributed by atoms with E-state index in [-0.39, 0.29) is 0 Å². The predicted octanol–water partition coefficient (Wildman–Crippen LogP) is 1.12. The average Bonchev–Trinajstić information content (AvgIpc) is 2.15. The fraction of sp³-hybridized carbons (Fsp3) is 0.833. The van der Waals surface area contributed by atoms with Gasteiger partial charge in [-0.1, -0.05) is 34.1 Å². The summed E-state index contributed by atoms with van der Waals surface area (Å²) in [5.41, 5.74) is 4.16. The van der Waals surface area contributed by atoms with Gasteiger partial charge in [0.15, 0.2) is 0 Å². The van der Waals surface area contributed by atoms with Crippen molar-refractivity contribution < 1.29 is 14.7 Å². The van der Waals surface area contributed by atoms with E-state index in [1.165, 1.54) is 6.92 Å². The summed E-state index contributed by atoms with van der Waals surface area (Å²) in [6.45, 7) is 8.91. The minimum atomic E-state index is -1.24. The van der Waals surface area contributed by atoms with Gasteiger partial charge in [0, 0.05) is 0 Å². The molecule has 5 nitrogen and oxygen atoms in total. The number of carbonyl (C=O) groups is 2. The van der Waals surface area contributed by atoms with Crippen LogP contribution in [0.25, 0.3) is 0 Å². The topological polar surface area (TPSA) is 92.4 Å². The zero-order valence-corrected chi connectivity index (χ0v) is 11.3. The Morgan fingerprint density at radius 1 is 1.29 bits per heavy atom. The van der Waals surface area contributed by atoms with E-state index < -0.39 is 28.9 Å². The van der Waals surface area contributed by atoms with Crippen LogP contribution in [0.15, 0.2) is 0 Å². The van der Waals surface area contributed by atoms with Crippen molar-refractivity contribution in [3.05, 3.63) is 0 Å². The molecule has 0 aromatic carbocycles. The van der Waals surface area contributed by atoms with Crippen molar-refractivity contribution in [3.63, 3.8) is 0 Å². The molecule has 0 aliphatic carbocycles. The molecule has 0 aromatic heterocycles. The minimum Gasteiger partial charge on any atom is -0.480 e. The van der Waals surface area contributed by atoms with Crippen LogP contribution in [-0.4, -0.2) is 28.6 Å². The molecule has 0 spiro atoms. The second-order valence-corrected chi connectivity index (χ2v) is 5.72. The number of nitrogens with two attached hydrogens (primary N) is 1. The molecular formula is C12H24N2O3. The van der Waals surface area contributed by atoms with Crippen molar-refractivity contribution in [3.8, 4) is 0 Å². The van der Waals surface area contributed by atoms with E-state index in [1.807, 2.05) is 27.7 Å². The van der Waals surface area contributed by atoms with E-state index in [1.54, 1.807) is 0 Å². The Morgan fingerprint density at radius 2 is 1.76 bits per heavy atom. The third kappa shape index (κ3) is 4.34. The number of carboxylic acids is 1. The maximum Gasteiger partial charge on any atom is 0.329 e. The molecule has 2 atom stereocenters. The van der Waals surface area contributed by atoms with E-state index in [9.17, 15) is 9.59 Å². The Morgan fingerprint density at radius 3 is 2.06 bits per heavy atom. The quantitative estimate of drug-likeness (QED) is 0.675. The van der Waals surface area contributed by atoms with E-state index in [4.69, 9.17) is 10.8 Å². The Kier molecular flexibility index (Phi) is 5.13. The number of carboxylic acid groups (broad SMARTS) is 1. The summed E-state index contributed by atoms with van der Waals surface area (Å²) in [6, 6.07) is -0.724. The molecule has 0 rings (SSSR count). The lowest BCUT2D eigenvalue weighted by Crippen LogP contribution is -2.58. The lowest BCUT2D eigenvalue weighted by atomic mass is 9.86. The zero-order valence-electron chi connectivity index (χ0n) is 11.3. The molecule has 0 bridgehead atoms. The molecule has 0 aromatic rings. The van der Waals surface area contributed by atoms with E-state index in [0.29, 0.717) is 12.8 Å². The maximum absolute atomic E-state index is 11.9. The summed E-state index contributed by atoms with van der Waals surface area (Å²) in [6.07, 6.45) is 1.05. The highest BCUT2D eigenvalue weighted by Crippen LogP contribution is 2.19. The molecule has 1 unspecified atom stereocenters. The van der Waals surface area contributed by atoms with Crippen LogP contribution in [-0.2, 0) is 9.59 Å². The Hall–Kier alpha value is -1.10. The number of aliphatic carboxylic acids is 1. The number of rotatable bonds is 5. The fourth-order valence-electron chi connectivity index (χ4n) is 1.47. The molecule has 0 fully saturated rings. The van der Waals surface area contributed by atoms with Gasteiger partial charge in [0.2, 0.25) is 5.91 Å². The molecule has 0 aliphatic rings. The van der Waals surface area contributed by atoms with Gasteiger partial charge in [-0.15, -0.1) is 0 Å². The lowest BCUT2D eigenvalue weighted by molar-refractivity contribution is -0.147. The molecule has 1 amide bonds. The van der Waals surface area contributed by atoms with Crippen molar-refractivity contribution in [1.82, 2.24) is 5.32 Å². The van der Waals surface area contributed by atoms with E-state index in [0.717, 1.165) is 0 Å². The van der Waals surface area contributed by atoms with Gasteiger partial charge in [0.25, 0.3) is 0 Å². The van der Waals surface area contributed by atoms with Crippen LogP contribution in [0.5, 0.6) is 0 Å². The molecule has 0 aliphatic heterocycles. The lowest BCUT2D eigenvalue weighted by Gasteiger charge is -2.31. The first kappa shape index (κ1) is 15.9. The number of carbonyl (C=O) groups excluding carboxylic acids is 1. The third-order valence-corrected chi connectivity index (χ3v) is 2.84. The first-order chi connectivity index (χ1) is 7.54. The Balaban J connectivity index is 4.80. The normalized spacial score (nSPS) is 17.1. The van der Waals surface area contributed by atoms with Crippen molar-refractivity contribution in [2.45, 2.75) is 59.0 Å². The van der Waals surface area contributed by atoms with Crippen LogP contribution in [0.1, 0.15) is 47.5 Å². The molecule has 100 valence electrons. The van der Waals surface area contributed by atoms with Crippen LogP contribution in [0.4, 0.5) is 0 Å². The molecule has 0 radical (unpaired) electrons. The third-order valence-electron chi connectivity index (χ3n) is 2.84. The number of hydrogen-bond acceptors (Lipinski definition) is 3. The van der Waals surface area contributed by atoms with Gasteiger partial charge in [0.05, 0.1) is 6.04 Å². The summed E-state index contributed by atoms with van der Waals surface area (Å²) in [4.78, 5) is 23.0. The van der Waals surface area contributed by atoms with Crippen molar-refractivity contribution in [2.24, 2.45) is 11.1 Å². The van der Waals surface area contributed by atoms with Gasteiger partial charge in [-0.25, -0.2) is 4.79 Å². The SMILES string of the molecule is CCCC(C)(NC(=O)[C@@H](N)C(C)(C)C)C(=O)O. The average molecular weight is 244 g/mol. The molecule has 5 heteroatoms. The fourth-order valence-corrected chi connectivity index (χ4v) is 1.47. The van der Waals surface area contributed by atoms with E-state index >= 15 is 0 Å². The minimum absolute atomic E-state index is 0.380. The van der Waals surface area contributed by atoms with Crippen LogP contribution in [0.3, 0.4) is 0 Å². The second-order valence-electron chi connectivity index (χ2n) is 5.72. The number of nitrogens with one attached hydrogen (secondary N) is 1. The first-order valence-corrected chi connectivity index (χ1v) is 5.85. The number of amides is 1. The van der Waals surface area contributed by atoms with Crippen LogP contribution < -0.4 is 11.1 Å². The van der Waals surface area contributed by atoms with E-state index in [2.05, 4.69) is 5.32 Å². The van der Waals surface area contributed by atoms with Crippen LogP contribution in [0.2, 0.25) is 0 Å².